The Morgan fingerprint density at radius 3 is 2.53 bits per heavy atom. The molecule has 0 amide bonds. The summed E-state index contributed by atoms with van der Waals surface area (Å²) < 4.78 is 6.74. The monoisotopic (exact) mass is 355 g/mol. The van der Waals surface area contributed by atoms with E-state index in [0.717, 1.165) is 9.32 Å². The highest BCUT2D eigenvalue weighted by Gasteiger charge is 2.03. The van der Waals surface area contributed by atoms with Gasteiger partial charge in [-0.05, 0) is 52.9 Å². The van der Waals surface area contributed by atoms with Crippen molar-refractivity contribution in [1.82, 2.24) is 0 Å². The van der Waals surface area contributed by atoms with Gasteiger partial charge in [0.1, 0.15) is 17.6 Å². The summed E-state index contributed by atoms with van der Waals surface area (Å²) in [5.41, 5.74) is 0.446. The molecule has 0 atom stereocenters. The van der Waals surface area contributed by atoms with Gasteiger partial charge in [-0.15, -0.1) is 0 Å². The van der Waals surface area contributed by atoms with Crippen LogP contribution in [0.2, 0.25) is 5.02 Å². The Balaban J connectivity index is 2.25. The molecular weight excluding hydrogens is 349 g/mol. The first-order chi connectivity index (χ1) is 8.19. The summed E-state index contributed by atoms with van der Waals surface area (Å²) in [6, 6.07) is 14.7. The van der Waals surface area contributed by atoms with E-state index in [0.29, 0.717) is 16.3 Å². The lowest BCUT2D eigenvalue weighted by Gasteiger charge is -2.06. The molecular formula is C13H7ClINO. The summed E-state index contributed by atoms with van der Waals surface area (Å²) in [4.78, 5) is 0. The number of hydrogen-bond donors (Lipinski definition) is 0. The van der Waals surface area contributed by atoms with E-state index in [1.807, 2.05) is 30.3 Å². The summed E-state index contributed by atoms with van der Waals surface area (Å²) in [6.07, 6.45) is 0. The van der Waals surface area contributed by atoms with Gasteiger partial charge in [0, 0.05) is 9.64 Å². The summed E-state index contributed by atoms with van der Waals surface area (Å²) in [7, 11) is 0. The number of nitriles is 1. The van der Waals surface area contributed by atoms with Gasteiger partial charge in [-0.25, -0.2) is 0 Å². The van der Waals surface area contributed by atoms with Crippen molar-refractivity contribution in [1.29, 1.82) is 5.26 Å². The quantitative estimate of drug-likeness (QED) is 0.737. The maximum atomic E-state index is 8.76. The fourth-order valence-electron chi connectivity index (χ4n) is 1.32. The molecule has 0 aromatic heterocycles. The Morgan fingerprint density at radius 1 is 1.12 bits per heavy atom. The minimum absolute atomic E-state index is 0.399. The van der Waals surface area contributed by atoms with Crippen LogP contribution in [0.15, 0.2) is 42.5 Å². The molecule has 4 heteroatoms. The van der Waals surface area contributed by atoms with Gasteiger partial charge in [0.15, 0.2) is 0 Å². The third-order valence-corrected chi connectivity index (χ3v) is 3.08. The zero-order valence-electron chi connectivity index (χ0n) is 8.65. The Bertz CT molecular complexity index is 592. The van der Waals surface area contributed by atoms with E-state index >= 15 is 0 Å². The van der Waals surface area contributed by atoms with Crippen LogP contribution in [0.5, 0.6) is 11.5 Å². The second kappa shape index (κ2) is 5.39. The van der Waals surface area contributed by atoms with Crippen molar-refractivity contribution in [3.8, 4) is 17.6 Å². The Hall–Kier alpha value is -1.25. The average Bonchev–Trinajstić information content (AvgIpc) is 2.29. The molecule has 2 rings (SSSR count). The first-order valence-electron chi connectivity index (χ1n) is 4.82. The first kappa shape index (κ1) is 12.2. The standard InChI is InChI=1S/C13H7ClINO/c14-13-7-12(5-4-9(13)8-16)17-11-3-1-2-10(15)6-11/h1-7H. The van der Waals surface area contributed by atoms with Crippen molar-refractivity contribution in [2.45, 2.75) is 0 Å². The normalized spacial score (nSPS) is 9.71. The Morgan fingerprint density at radius 2 is 1.88 bits per heavy atom. The molecule has 2 aromatic rings. The highest BCUT2D eigenvalue weighted by Crippen LogP contribution is 2.27. The number of ether oxygens (including phenoxy) is 1. The lowest BCUT2D eigenvalue weighted by atomic mass is 10.2. The van der Waals surface area contributed by atoms with Crippen LogP contribution in [0.3, 0.4) is 0 Å². The van der Waals surface area contributed by atoms with Gasteiger partial charge in [0.05, 0.1) is 10.6 Å². The van der Waals surface area contributed by atoms with Gasteiger partial charge in [0.25, 0.3) is 0 Å². The molecule has 0 heterocycles. The van der Waals surface area contributed by atoms with Crippen LogP contribution < -0.4 is 4.74 Å². The van der Waals surface area contributed by atoms with Gasteiger partial charge in [-0.2, -0.15) is 5.26 Å². The first-order valence-corrected chi connectivity index (χ1v) is 6.28. The van der Waals surface area contributed by atoms with Crippen LogP contribution in [0.1, 0.15) is 5.56 Å². The minimum Gasteiger partial charge on any atom is -0.457 e. The summed E-state index contributed by atoms with van der Waals surface area (Å²) in [6.45, 7) is 0. The largest absolute Gasteiger partial charge is 0.457 e. The van der Waals surface area contributed by atoms with E-state index < -0.39 is 0 Å². The van der Waals surface area contributed by atoms with Gasteiger partial charge in [-0.3, -0.25) is 0 Å². The maximum absolute atomic E-state index is 8.76. The molecule has 17 heavy (non-hydrogen) atoms. The fourth-order valence-corrected chi connectivity index (χ4v) is 2.04. The fraction of sp³-hybridized carbons (Fsp3) is 0. The van der Waals surface area contributed by atoms with Gasteiger partial charge in [-0.1, -0.05) is 17.7 Å². The Kier molecular flexibility index (Phi) is 3.87. The van der Waals surface area contributed by atoms with Crippen molar-refractivity contribution >= 4 is 34.2 Å². The SMILES string of the molecule is N#Cc1ccc(Oc2cccc(I)c2)cc1Cl. The van der Waals surface area contributed by atoms with Crippen molar-refractivity contribution in [3.05, 3.63) is 56.6 Å². The lowest BCUT2D eigenvalue weighted by molar-refractivity contribution is 0.482. The number of nitrogens with zero attached hydrogens (tertiary/aromatic N) is 1. The van der Waals surface area contributed by atoms with Crippen LogP contribution in [0, 0.1) is 14.9 Å². The molecule has 0 N–H and O–H groups in total. The molecule has 0 radical (unpaired) electrons. The zero-order chi connectivity index (χ0) is 12.3. The third-order valence-electron chi connectivity index (χ3n) is 2.09. The van der Waals surface area contributed by atoms with Crippen molar-refractivity contribution in [2.75, 3.05) is 0 Å². The molecule has 0 unspecified atom stereocenters. The molecule has 0 aliphatic heterocycles. The molecule has 0 aliphatic carbocycles. The molecule has 2 nitrogen and oxygen atoms in total. The van der Waals surface area contributed by atoms with E-state index in [2.05, 4.69) is 22.6 Å². The zero-order valence-corrected chi connectivity index (χ0v) is 11.6. The van der Waals surface area contributed by atoms with Crippen LogP contribution in [-0.2, 0) is 0 Å². The molecule has 0 fully saturated rings. The van der Waals surface area contributed by atoms with Gasteiger partial charge < -0.3 is 4.74 Å². The molecule has 0 spiro atoms. The van der Waals surface area contributed by atoms with E-state index in [1.54, 1.807) is 18.2 Å². The number of halogens is 2. The highest BCUT2D eigenvalue weighted by atomic mass is 127. The minimum atomic E-state index is 0.399. The average molecular weight is 356 g/mol. The molecule has 0 saturated heterocycles. The summed E-state index contributed by atoms with van der Waals surface area (Å²) in [5.74, 6) is 1.37. The van der Waals surface area contributed by atoms with Crippen LogP contribution >= 0.6 is 34.2 Å². The molecule has 0 bridgehead atoms. The second-order valence-corrected chi connectivity index (χ2v) is 4.97. The van der Waals surface area contributed by atoms with Crippen LogP contribution in [0.4, 0.5) is 0 Å². The van der Waals surface area contributed by atoms with E-state index in [9.17, 15) is 0 Å². The van der Waals surface area contributed by atoms with Crippen LogP contribution in [-0.4, -0.2) is 0 Å². The summed E-state index contributed by atoms with van der Waals surface area (Å²) in [5, 5.41) is 9.16. The number of rotatable bonds is 2. The van der Waals surface area contributed by atoms with Crippen molar-refractivity contribution in [3.63, 3.8) is 0 Å². The predicted molar refractivity (Wildman–Crippen MR) is 75.4 cm³/mol. The smallest absolute Gasteiger partial charge is 0.129 e. The predicted octanol–water partition coefficient (Wildman–Crippen LogP) is 4.61. The molecule has 84 valence electrons. The molecule has 0 aliphatic rings. The third kappa shape index (κ3) is 3.11. The topological polar surface area (TPSA) is 33.0 Å². The van der Waals surface area contributed by atoms with Gasteiger partial charge >= 0.3 is 0 Å². The molecule has 2 aromatic carbocycles. The lowest BCUT2D eigenvalue weighted by Crippen LogP contribution is -1.86. The Labute approximate surface area is 118 Å². The number of benzene rings is 2. The number of hydrogen-bond acceptors (Lipinski definition) is 2. The van der Waals surface area contributed by atoms with Crippen LogP contribution in [0.25, 0.3) is 0 Å². The van der Waals surface area contributed by atoms with E-state index in [-0.39, 0.29) is 0 Å². The van der Waals surface area contributed by atoms with Gasteiger partial charge in [0.2, 0.25) is 0 Å². The maximum Gasteiger partial charge on any atom is 0.129 e. The molecule has 0 saturated carbocycles. The second-order valence-electron chi connectivity index (χ2n) is 3.31. The summed E-state index contributed by atoms with van der Waals surface area (Å²) >= 11 is 8.14. The van der Waals surface area contributed by atoms with Crippen molar-refractivity contribution in [2.24, 2.45) is 0 Å². The van der Waals surface area contributed by atoms with E-state index in [4.69, 9.17) is 21.6 Å². The van der Waals surface area contributed by atoms with E-state index in [1.165, 1.54) is 0 Å². The highest BCUT2D eigenvalue weighted by molar-refractivity contribution is 14.1. The van der Waals surface area contributed by atoms with Crippen molar-refractivity contribution < 1.29 is 4.74 Å².